The van der Waals surface area contributed by atoms with Crippen LogP contribution in [-0.4, -0.2) is 38.8 Å². The van der Waals surface area contributed by atoms with Crippen molar-refractivity contribution in [3.05, 3.63) is 35.4 Å². The van der Waals surface area contributed by atoms with E-state index < -0.39 is 11.7 Å². The molecular weight excluding hydrogens is 343 g/mol. The number of aliphatic imine (C=N–C) groups is 1. The van der Waals surface area contributed by atoms with Gasteiger partial charge in [-0.25, -0.2) is 0 Å². The van der Waals surface area contributed by atoms with E-state index in [1.54, 1.807) is 6.07 Å². The summed E-state index contributed by atoms with van der Waals surface area (Å²) in [4.78, 5) is 4.42. The predicted molar refractivity (Wildman–Crippen MR) is 98.0 cm³/mol. The first kappa shape index (κ1) is 21.8. The van der Waals surface area contributed by atoms with Gasteiger partial charge in [0.1, 0.15) is 0 Å². The fraction of sp³-hybridized carbons (Fsp3) is 0.526. The zero-order valence-electron chi connectivity index (χ0n) is 15.2. The minimum absolute atomic E-state index is 0.293. The van der Waals surface area contributed by atoms with E-state index in [2.05, 4.69) is 27.5 Å². The number of rotatable bonds is 8. The quantitative estimate of drug-likeness (QED) is 0.319. The normalized spacial score (nSPS) is 11.7. The van der Waals surface area contributed by atoms with Crippen LogP contribution in [0.1, 0.15) is 37.8 Å². The number of ether oxygens (including phenoxy) is 1. The highest BCUT2D eigenvalue weighted by atomic mass is 19.4. The number of nitrogens with zero attached hydrogens (tertiary/aromatic N) is 1. The molecule has 1 rings (SSSR count). The van der Waals surface area contributed by atoms with E-state index in [0.717, 1.165) is 38.2 Å². The van der Waals surface area contributed by atoms with Crippen LogP contribution in [0.4, 0.5) is 13.2 Å². The highest BCUT2D eigenvalue weighted by molar-refractivity contribution is 5.80. The third-order valence-electron chi connectivity index (χ3n) is 3.28. The van der Waals surface area contributed by atoms with Crippen molar-refractivity contribution in [1.29, 1.82) is 0 Å². The monoisotopic (exact) mass is 369 g/mol. The van der Waals surface area contributed by atoms with Crippen LogP contribution in [-0.2, 0) is 10.9 Å². The maximum atomic E-state index is 12.7. The second kappa shape index (κ2) is 12.2. The van der Waals surface area contributed by atoms with Crippen LogP contribution in [0.2, 0.25) is 0 Å². The minimum Gasteiger partial charge on any atom is -0.382 e. The molecule has 0 heterocycles. The molecule has 1 aromatic carbocycles. The topological polar surface area (TPSA) is 45.7 Å². The van der Waals surface area contributed by atoms with Crippen LogP contribution in [0, 0.1) is 11.8 Å². The van der Waals surface area contributed by atoms with E-state index in [-0.39, 0.29) is 0 Å². The molecule has 144 valence electrons. The Balaban J connectivity index is 2.49. The van der Waals surface area contributed by atoms with Gasteiger partial charge < -0.3 is 15.4 Å². The molecule has 0 radical (unpaired) electrons. The fourth-order valence-electron chi connectivity index (χ4n) is 2.04. The first-order valence-corrected chi connectivity index (χ1v) is 8.73. The molecular formula is C19H26F3N3O. The molecule has 0 fully saturated rings. The summed E-state index contributed by atoms with van der Waals surface area (Å²) in [6.45, 7) is 7.05. The number of benzene rings is 1. The first-order chi connectivity index (χ1) is 12.5. The van der Waals surface area contributed by atoms with Gasteiger partial charge in [0, 0.05) is 31.9 Å². The van der Waals surface area contributed by atoms with Crippen molar-refractivity contribution in [2.75, 3.05) is 32.8 Å². The summed E-state index contributed by atoms with van der Waals surface area (Å²) in [5.74, 6) is 6.19. The first-order valence-electron chi connectivity index (χ1n) is 8.73. The lowest BCUT2D eigenvalue weighted by atomic mass is 10.1. The second-order valence-electron chi connectivity index (χ2n) is 5.40. The van der Waals surface area contributed by atoms with Gasteiger partial charge in [-0.15, -0.1) is 0 Å². The maximum Gasteiger partial charge on any atom is 0.416 e. The van der Waals surface area contributed by atoms with Crippen LogP contribution < -0.4 is 10.6 Å². The Hall–Kier alpha value is -2.20. The number of nitrogens with one attached hydrogen (secondary N) is 2. The highest BCUT2D eigenvalue weighted by Gasteiger charge is 2.30. The van der Waals surface area contributed by atoms with Crippen molar-refractivity contribution < 1.29 is 17.9 Å². The van der Waals surface area contributed by atoms with E-state index >= 15 is 0 Å². The molecule has 0 saturated carbocycles. The van der Waals surface area contributed by atoms with Crippen molar-refractivity contribution in [3.63, 3.8) is 0 Å². The lowest BCUT2D eigenvalue weighted by Gasteiger charge is -2.08. The molecule has 4 nitrogen and oxygen atoms in total. The molecule has 0 aromatic heterocycles. The predicted octanol–water partition coefficient (Wildman–Crippen LogP) is 3.43. The lowest BCUT2D eigenvalue weighted by Crippen LogP contribution is -2.37. The molecule has 0 aliphatic heterocycles. The van der Waals surface area contributed by atoms with Crippen molar-refractivity contribution in [2.24, 2.45) is 4.99 Å². The molecule has 0 aliphatic rings. The standard InChI is InChI=1S/C19H26F3N3O/c1-3-23-18(24-12-5-6-14-26-4-2)25-13-8-10-16-9-7-11-17(15-16)19(20,21)22/h7,9,11,15H,3-6,12-14H2,1-2H3,(H2,23,24,25). The molecule has 0 unspecified atom stereocenters. The van der Waals surface area contributed by atoms with Crippen molar-refractivity contribution in [1.82, 2.24) is 10.6 Å². The molecule has 0 saturated heterocycles. The van der Waals surface area contributed by atoms with Crippen molar-refractivity contribution in [2.45, 2.75) is 32.9 Å². The summed E-state index contributed by atoms with van der Waals surface area (Å²) in [5.41, 5.74) is -0.362. The van der Waals surface area contributed by atoms with Crippen LogP contribution in [0.25, 0.3) is 0 Å². The van der Waals surface area contributed by atoms with Gasteiger partial charge in [0.05, 0.1) is 12.1 Å². The van der Waals surface area contributed by atoms with Gasteiger partial charge >= 0.3 is 6.18 Å². The van der Waals surface area contributed by atoms with Crippen LogP contribution in [0.15, 0.2) is 29.3 Å². The van der Waals surface area contributed by atoms with E-state index in [4.69, 9.17) is 4.74 Å². The average Bonchev–Trinajstić information content (AvgIpc) is 2.61. The largest absolute Gasteiger partial charge is 0.416 e. The van der Waals surface area contributed by atoms with E-state index in [0.29, 0.717) is 31.2 Å². The van der Waals surface area contributed by atoms with Crippen LogP contribution in [0.5, 0.6) is 0 Å². The Labute approximate surface area is 153 Å². The van der Waals surface area contributed by atoms with Gasteiger partial charge in [-0.1, -0.05) is 17.9 Å². The molecule has 0 spiro atoms. The molecule has 7 heteroatoms. The summed E-state index contributed by atoms with van der Waals surface area (Å²) in [6.07, 6.45) is -2.48. The molecule has 0 bridgehead atoms. The number of unbranched alkanes of at least 4 members (excludes halogenated alkanes) is 1. The van der Waals surface area contributed by atoms with Gasteiger partial charge in [0.25, 0.3) is 0 Å². The van der Waals surface area contributed by atoms with Gasteiger partial charge in [-0.2, -0.15) is 13.2 Å². The minimum atomic E-state index is -4.36. The number of halogens is 3. The molecule has 0 aliphatic carbocycles. The third-order valence-corrected chi connectivity index (χ3v) is 3.28. The Morgan fingerprint density at radius 2 is 2.00 bits per heavy atom. The lowest BCUT2D eigenvalue weighted by molar-refractivity contribution is -0.137. The molecule has 0 amide bonds. The average molecular weight is 369 g/mol. The third kappa shape index (κ3) is 9.33. The SMILES string of the molecule is CCNC(=NCCCCOCC)NCC#Cc1cccc(C(F)(F)F)c1. The summed E-state index contributed by atoms with van der Waals surface area (Å²) < 4.78 is 43.3. The Morgan fingerprint density at radius 3 is 2.69 bits per heavy atom. The summed E-state index contributed by atoms with van der Waals surface area (Å²) >= 11 is 0. The van der Waals surface area contributed by atoms with Gasteiger partial charge in [0.2, 0.25) is 0 Å². The zero-order valence-corrected chi connectivity index (χ0v) is 15.2. The number of alkyl halides is 3. The van der Waals surface area contributed by atoms with Gasteiger partial charge in [-0.3, -0.25) is 4.99 Å². The number of hydrogen-bond acceptors (Lipinski definition) is 2. The summed E-state index contributed by atoms with van der Waals surface area (Å²) in [5, 5.41) is 6.15. The Kier molecular flexibility index (Phi) is 10.3. The molecule has 0 atom stereocenters. The van der Waals surface area contributed by atoms with Gasteiger partial charge in [-0.05, 0) is 44.9 Å². The summed E-state index contributed by atoms with van der Waals surface area (Å²) in [6, 6.07) is 4.99. The number of hydrogen-bond donors (Lipinski definition) is 2. The van der Waals surface area contributed by atoms with Crippen LogP contribution >= 0.6 is 0 Å². The molecule has 2 N–H and O–H groups in total. The zero-order chi connectivity index (χ0) is 19.3. The number of guanidine groups is 1. The Morgan fingerprint density at radius 1 is 1.19 bits per heavy atom. The van der Waals surface area contributed by atoms with E-state index in [1.807, 2.05) is 13.8 Å². The van der Waals surface area contributed by atoms with Crippen molar-refractivity contribution >= 4 is 5.96 Å². The van der Waals surface area contributed by atoms with Crippen LogP contribution in [0.3, 0.4) is 0 Å². The van der Waals surface area contributed by atoms with E-state index in [1.165, 1.54) is 6.07 Å². The van der Waals surface area contributed by atoms with Crippen molar-refractivity contribution in [3.8, 4) is 11.8 Å². The highest BCUT2D eigenvalue weighted by Crippen LogP contribution is 2.29. The maximum absolute atomic E-state index is 12.7. The smallest absolute Gasteiger partial charge is 0.382 e. The molecule has 1 aromatic rings. The summed E-state index contributed by atoms with van der Waals surface area (Å²) in [7, 11) is 0. The van der Waals surface area contributed by atoms with Gasteiger partial charge in [0.15, 0.2) is 5.96 Å². The fourth-order valence-corrected chi connectivity index (χ4v) is 2.04. The second-order valence-corrected chi connectivity index (χ2v) is 5.40. The Bertz CT molecular complexity index is 618. The van der Waals surface area contributed by atoms with E-state index in [9.17, 15) is 13.2 Å². The molecule has 26 heavy (non-hydrogen) atoms.